The molecular formula is C6H6O3S. The van der Waals surface area contributed by atoms with E-state index < -0.39 is 5.63 Å². The Hall–Kier alpha value is -0.900. The summed E-state index contributed by atoms with van der Waals surface area (Å²) < 4.78 is 4.60. The zero-order valence-corrected chi connectivity index (χ0v) is 6.18. The lowest BCUT2D eigenvalue weighted by Gasteiger charge is -1.94. The molecule has 0 aliphatic rings. The SMILES string of the molecule is Cc1cc(O)c(S)c(=O)o1. The van der Waals surface area contributed by atoms with Crippen LogP contribution in [0.3, 0.4) is 0 Å². The van der Waals surface area contributed by atoms with Crippen LogP contribution in [0.25, 0.3) is 0 Å². The summed E-state index contributed by atoms with van der Waals surface area (Å²) >= 11 is 3.70. The van der Waals surface area contributed by atoms with Crippen LogP contribution in [0.2, 0.25) is 0 Å². The first-order chi connectivity index (χ1) is 4.61. The van der Waals surface area contributed by atoms with E-state index in [4.69, 9.17) is 5.11 Å². The summed E-state index contributed by atoms with van der Waals surface area (Å²) in [5, 5.41) is 8.94. The van der Waals surface area contributed by atoms with Crippen molar-refractivity contribution in [2.45, 2.75) is 11.8 Å². The monoisotopic (exact) mass is 158 g/mol. The fourth-order valence-electron chi connectivity index (χ4n) is 0.589. The third-order valence-corrected chi connectivity index (χ3v) is 1.44. The van der Waals surface area contributed by atoms with Crippen molar-refractivity contribution in [1.29, 1.82) is 0 Å². The Balaban J connectivity index is 3.46. The largest absolute Gasteiger partial charge is 0.506 e. The van der Waals surface area contributed by atoms with Crippen molar-refractivity contribution in [3.8, 4) is 5.75 Å². The molecule has 0 spiro atoms. The maximum Gasteiger partial charge on any atom is 0.353 e. The molecule has 0 bridgehead atoms. The summed E-state index contributed by atoms with van der Waals surface area (Å²) in [5.41, 5.74) is -0.610. The summed E-state index contributed by atoms with van der Waals surface area (Å²) in [5.74, 6) is 0.234. The molecule has 1 aromatic rings. The van der Waals surface area contributed by atoms with E-state index in [9.17, 15) is 4.79 Å². The number of rotatable bonds is 0. The van der Waals surface area contributed by atoms with Crippen molar-refractivity contribution in [2.75, 3.05) is 0 Å². The molecule has 0 amide bonds. The van der Waals surface area contributed by atoms with Gasteiger partial charge < -0.3 is 9.52 Å². The predicted octanol–water partition coefficient (Wildman–Crippen LogP) is 0.943. The fourth-order valence-corrected chi connectivity index (χ4v) is 0.700. The number of aromatic hydroxyl groups is 1. The molecule has 0 aromatic carbocycles. The van der Waals surface area contributed by atoms with Crippen LogP contribution in [0.4, 0.5) is 0 Å². The number of aryl methyl sites for hydroxylation is 1. The molecule has 1 rings (SSSR count). The lowest BCUT2D eigenvalue weighted by Crippen LogP contribution is -2.00. The smallest absolute Gasteiger partial charge is 0.353 e. The lowest BCUT2D eigenvalue weighted by molar-refractivity contribution is 0.412. The second-order valence-corrected chi connectivity index (χ2v) is 2.33. The van der Waals surface area contributed by atoms with Gasteiger partial charge in [-0.05, 0) is 6.92 Å². The van der Waals surface area contributed by atoms with Crippen molar-refractivity contribution in [3.05, 3.63) is 22.2 Å². The fraction of sp³-hybridized carbons (Fsp3) is 0.167. The Morgan fingerprint density at radius 1 is 1.70 bits per heavy atom. The molecule has 54 valence electrons. The van der Waals surface area contributed by atoms with Crippen LogP contribution in [-0.2, 0) is 0 Å². The Kier molecular flexibility index (Phi) is 1.72. The molecule has 1 N–H and O–H groups in total. The predicted molar refractivity (Wildman–Crippen MR) is 38.6 cm³/mol. The van der Waals surface area contributed by atoms with Gasteiger partial charge in [0.1, 0.15) is 16.4 Å². The average Bonchev–Trinajstić information content (AvgIpc) is 1.82. The van der Waals surface area contributed by atoms with Gasteiger partial charge in [-0.2, -0.15) is 0 Å². The first-order valence-corrected chi connectivity index (χ1v) is 3.08. The van der Waals surface area contributed by atoms with Crippen LogP contribution >= 0.6 is 12.6 Å². The zero-order chi connectivity index (χ0) is 7.72. The Labute approximate surface area is 62.7 Å². The summed E-state index contributed by atoms with van der Waals surface area (Å²) in [6.07, 6.45) is 0. The van der Waals surface area contributed by atoms with E-state index >= 15 is 0 Å². The molecule has 0 aliphatic carbocycles. The van der Waals surface area contributed by atoms with E-state index in [1.807, 2.05) is 0 Å². The van der Waals surface area contributed by atoms with Crippen LogP contribution < -0.4 is 5.63 Å². The second kappa shape index (κ2) is 2.38. The standard InChI is InChI=1S/C6H6O3S/c1-3-2-4(7)5(10)6(8)9-3/h2,7,10H,1H3. The molecule has 10 heavy (non-hydrogen) atoms. The number of hydrogen-bond acceptors (Lipinski definition) is 4. The molecule has 0 radical (unpaired) electrons. The summed E-state index contributed by atoms with van der Waals surface area (Å²) in [4.78, 5) is 10.6. The third-order valence-electron chi connectivity index (χ3n) is 1.03. The van der Waals surface area contributed by atoms with Crippen molar-refractivity contribution in [1.82, 2.24) is 0 Å². The van der Waals surface area contributed by atoms with Gasteiger partial charge in [0.25, 0.3) is 0 Å². The van der Waals surface area contributed by atoms with E-state index in [0.717, 1.165) is 0 Å². The first-order valence-electron chi connectivity index (χ1n) is 2.64. The summed E-state index contributed by atoms with van der Waals surface area (Å²) in [7, 11) is 0. The van der Waals surface area contributed by atoms with E-state index in [1.54, 1.807) is 6.92 Å². The number of thiol groups is 1. The van der Waals surface area contributed by atoms with Crippen LogP contribution in [0.5, 0.6) is 5.75 Å². The Morgan fingerprint density at radius 2 is 2.30 bits per heavy atom. The molecule has 3 nitrogen and oxygen atoms in total. The maximum absolute atomic E-state index is 10.7. The summed E-state index contributed by atoms with van der Waals surface area (Å²) in [6, 6.07) is 1.34. The van der Waals surface area contributed by atoms with Crippen LogP contribution in [-0.4, -0.2) is 5.11 Å². The molecule has 4 heteroatoms. The molecule has 1 heterocycles. The minimum Gasteiger partial charge on any atom is -0.506 e. The average molecular weight is 158 g/mol. The van der Waals surface area contributed by atoms with Crippen LogP contribution in [0, 0.1) is 6.92 Å². The van der Waals surface area contributed by atoms with Gasteiger partial charge >= 0.3 is 5.63 Å². The van der Waals surface area contributed by atoms with Gasteiger partial charge in [0.05, 0.1) is 0 Å². The van der Waals surface area contributed by atoms with Crippen LogP contribution in [0.1, 0.15) is 5.76 Å². The maximum atomic E-state index is 10.7. The number of hydrogen-bond donors (Lipinski definition) is 2. The molecule has 0 fully saturated rings. The highest BCUT2D eigenvalue weighted by atomic mass is 32.1. The second-order valence-electron chi connectivity index (χ2n) is 1.88. The molecule has 0 unspecified atom stereocenters. The van der Waals surface area contributed by atoms with E-state index in [-0.39, 0.29) is 10.6 Å². The highest BCUT2D eigenvalue weighted by molar-refractivity contribution is 7.80. The lowest BCUT2D eigenvalue weighted by atomic mass is 10.4. The van der Waals surface area contributed by atoms with Gasteiger partial charge in [-0.3, -0.25) is 0 Å². The van der Waals surface area contributed by atoms with Crippen molar-refractivity contribution < 1.29 is 9.52 Å². The Bertz CT molecular complexity index is 302. The Morgan fingerprint density at radius 3 is 2.80 bits per heavy atom. The van der Waals surface area contributed by atoms with Crippen molar-refractivity contribution in [2.24, 2.45) is 0 Å². The molecule has 0 saturated heterocycles. The molecular weight excluding hydrogens is 152 g/mol. The van der Waals surface area contributed by atoms with Crippen molar-refractivity contribution in [3.63, 3.8) is 0 Å². The third kappa shape index (κ3) is 1.16. The van der Waals surface area contributed by atoms with E-state index in [1.165, 1.54) is 6.07 Å². The van der Waals surface area contributed by atoms with Gasteiger partial charge in [0, 0.05) is 6.07 Å². The highest BCUT2D eigenvalue weighted by Gasteiger charge is 2.03. The topological polar surface area (TPSA) is 50.4 Å². The molecule has 0 saturated carbocycles. The van der Waals surface area contributed by atoms with Gasteiger partial charge in [-0.25, -0.2) is 4.79 Å². The minimum absolute atomic E-state index is 0.0504. The normalized spacial score (nSPS) is 9.80. The zero-order valence-electron chi connectivity index (χ0n) is 5.29. The van der Waals surface area contributed by atoms with Crippen molar-refractivity contribution >= 4 is 12.6 Å². The van der Waals surface area contributed by atoms with Gasteiger partial charge in [0.2, 0.25) is 0 Å². The van der Waals surface area contributed by atoms with E-state index in [0.29, 0.717) is 5.76 Å². The molecule has 0 atom stereocenters. The highest BCUT2D eigenvalue weighted by Crippen LogP contribution is 2.16. The van der Waals surface area contributed by atoms with Crippen LogP contribution in [0.15, 0.2) is 20.2 Å². The van der Waals surface area contributed by atoms with E-state index in [2.05, 4.69) is 17.0 Å². The molecule has 0 aliphatic heterocycles. The van der Waals surface area contributed by atoms with Gasteiger partial charge in [-0.1, -0.05) is 0 Å². The quantitative estimate of drug-likeness (QED) is 0.552. The first kappa shape index (κ1) is 7.21. The molecule has 1 aromatic heterocycles. The minimum atomic E-state index is -0.610. The van der Waals surface area contributed by atoms with Gasteiger partial charge in [-0.15, -0.1) is 12.6 Å². The van der Waals surface area contributed by atoms with Gasteiger partial charge in [0.15, 0.2) is 0 Å². The summed E-state index contributed by atoms with van der Waals surface area (Å²) in [6.45, 7) is 1.58.